The minimum absolute atomic E-state index is 0.185. The van der Waals surface area contributed by atoms with Gasteiger partial charge < -0.3 is 10.6 Å². The Bertz CT molecular complexity index is 340. The molecule has 0 aliphatic rings. The van der Waals surface area contributed by atoms with E-state index in [1.54, 1.807) is 0 Å². The van der Waals surface area contributed by atoms with Gasteiger partial charge in [0.05, 0.1) is 6.04 Å². The normalized spacial score (nSPS) is 14.7. The maximum absolute atomic E-state index is 11.7. The van der Waals surface area contributed by atoms with Gasteiger partial charge in [0.15, 0.2) is 0 Å². The first kappa shape index (κ1) is 17.0. The molecule has 2 unspecified atom stereocenters. The van der Waals surface area contributed by atoms with Crippen LogP contribution in [0.5, 0.6) is 0 Å². The second-order valence-corrected chi connectivity index (χ2v) is 7.77. The minimum Gasteiger partial charge on any atom is -0.337 e. The molecule has 18 heavy (non-hydrogen) atoms. The summed E-state index contributed by atoms with van der Waals surface area (Å²) >= 11 is 0. The molecule has 2 amide bonds. The molecule has 0 aromatic rings. The summed E-state index contributed by atoms with van der Waals surface area (Å²) in [4.78, 5) is 11.5. The Hall–Kier alpha value is -1.02. The minimum atomic E-state index is -0.960. The van der Waals surface area contributed by atoms with Gasteiger partial charge in [-0.2, -0.15) is 0 Å². The van der Waals surface area contributed by atoms with E-state index >= 15 is 0 Å². The monoisotopic (exact) mass is 272 g/mol. The second-order valence-electron chi connectivity index (χ2n) is 5.45. The molecule has 2 N–H and O–H groups in total. The fourth-order valence-corrected chi connectivity index (χ4v) is 2.06. The predicted octanol–water partition coefficient (Wildman–Crippen LogP) is 1.49. The number of hydrogen-bond donors (Lipinski definition) is 2. The third-order valence-corrected chi connectivity index (χ3v) is 4.33. The largest absolute Gasteiger partial charge is 0.337 e. The van der Waals surface area contributed by atoms with E-state index in [0.717, 1.165) is 0 Å². The molecular formula is C13H24N2O2S. The van der Waals surface area contributed by atoms with E-state index in [1.807, 2.05) is 34.6 Å². The van der Waals surface area contributed by atoms with Crippen LogP contribution in [-0.4, -0.2) is 33.3 Å². The highest BCUT2D eigenvalue weighted by atomic mass is 32.2. The summed E-state index contributed by atoms with van der Waals surface area (Å²) in [6, 6.07) is -0.587. The lowest BCUT2D eigenvalue weighted by molar-refractivity contribution is 0.237. The highest BCUT2D eigenvalue weighted by molar-refractivity contribution is 7.86. The van der Waals surface area contributed by atoms with Crippen molar-refractivity contribution < 1.29 is 9.00 Å². The standard InChI is InChI=1S/C13H24N2O2S/c1-7-11(10(2)3)15-12(16)14-8-9-18(17)13(4,5)6/h1,10-11H,8-9H2,2-6H3,(H2,14,15,16). The molecule has 0 aliphatic carbocycles. The van der Waals surface area contributed by atoms with Crippen LogP contribution in [0.2, 0.25) is 0 Å². The van der Waals surface area contributed by atoms with Crippen LogP contribution in [0, 0.1) is 18.3 Å². The van der Waals surface area contributed by atoms with Crippen LogP contribution >= 0.6 is 0 Å². The van der Waals surface area contributed by atoms with Crippen LogP contribution in [-0.2, 0) is 10.8 Å². The molecule has 0 aromatic heterocycles. The van der Waals surface area contributed by atoms with E-state index < -0.39 is 10.8 Å². The zero-order valence-corrected chi connectivity index (χ0v) is 12.7. The fourth-order valence-electron chi connectivity index (χ4n) is 1.16. The van der Waals surface area contributed by atoms with Crippen LogP contribution in [0.15, 0.2) is 0 Å². The van der Waals surface area contributed by atoms with Gasteiger partial charge in [-0.05, 0) is 26.7 Å². The molecule has 5 heteroatoms. The summed E-state index contributed by atoms with van der Waals surface area (Å²) in [5.41, 5.74) is 0. The smallest absolute Gasteiger partial charge is 0.315 e. The summed E-state index contributed by atoms with van der Waals surface area (Å²) in [7, 11) is -0.960. The Labute approximate surface area is 113 Å². The van der Waals surface area contributed by atoms with Crippen molar-refractivity contribution >= 4 is 16.8 Å². The SMILES string of the molecule is C#CC(NC(=O)NCCS(=O)C(C)(C)C)C(C)C. The number of carbonyl (C=O) groups is 1. The molecule has 2 atom stereocenters. The molecule has 0 rings (SSSR count). The summed E-state index contributed by atoms with van der Waals surface area (Å²) in [6.45, 7) is 10.0. The molecule has 0 saturated heterocycles. The molecule has 0 aromatic carbocycles. The zero-order chi connectivity index (χ0) is 14.3. The number of urea groups is 1. The van der Waals surface area contributed by atoms with E-state index in [9.17, 15) is 9.00 Å². The third-order valence-electron chi connectivity index (χ3n) is 2.39. The van der Waals surface area contributed by atoms with Crippen molar-refractivity contribution in [3.63, 3.8) is 0 Å². The van der Waals surface area contributed by atoms with Gasteiger partial charge in [-0.1, -0.05) is 19.8 Å². The Morgan fingerprint density at radius 2 is 1.94 bits per heavy atom. The van der Waals surface area contributed by atoms with Gasteiger partial charge in [0.2, 0.25) is 0 Å². The number of terminal acetylenes is 1. The quantitative estimate of drug-likeness (QED) is 0.745. The van der Waals surface area contributed by atoms with Crippen LogP contribution < -0.4 is 10.6 Å². The Kier molecular flexibility index (Phi) is 7.00. The van der Waals surface area contributed by atoms with E-state index in [1.165, 1.54) is 0 Å². The van der Waals surface area contributed by atoms with Crippen LogP contribution in [0.1, 0.15) is 34.6 Å². The average molecular weight is 272 g/mol. The highest BCUT2D eigenvalue weighted by Crippen LogP contribution is 2.10. The van der Waals surface area contributed by atoms with Crippen molar-refractivity contribution in [3.05, 3.63) is 0 Å². The van der Waals surface area contributed by atoms with Crippen molar-refractivity contribution in [2.75, 3.05) is 12.3 Å². The number of rotatable bonds is 5. The lowest BCUT2D eigenvalue weighted by atomic mass is 10.1. The van der Waals surface area contributed by atoms with Crippen LogP contribution in [0.3, 0.4) is 0 Å². The number of nitrogens with one attached hydrogen (secondary N) is 2. The average Bonchev–Trinajstić information content (AvgIpc) is 2.23. The maximum atomic E-state index is 11.7. The van der Waals surface area contributed by atoms with E-state index in [2.05, 4.69) is 16.6 Å². The van der Waals surface area contributed by atoms with Gasteiger partial charge in [-0.15, -0.1) is 6.42 Å². The Balaban J connectivity index is 4.00. The van der Waals surface area contributed by atoms with Crippen molar-refractivity contribution in [3.8, 4) is 12.3 Å². The van der Waals surface area contributed by atoms with Gasteiger partial charge in [0.1, 0.15) is 0 Å². The first-order valence-electron chi connectivity index (χ1n) is 6.07. The molecule has 0 bridgehead atoms. The van der Waals surface area contributed by atoms with Gasteiger partial charge in [0, 0.05) is 27.8 Å². The van der Waals surface area contributed by atoms with E-state index in [0.29, 0.717) is 12.3 Å². The molecule has 0 spiro atoms. The summed E-state index contributed by atoms with van der Waals surface area (Å²) < 4.78 is 11.5. The van der Waals surface area contributed by atoms with Crippen molar-refractivity contribution in [2.24, 2.45) is 5.92 Å². The lowest BCUT2D eigenvalue weighted by Gasteiger charge is -2.19. The number of carbonyl (C=O) groups excluding carboxylic acids is 1. The molecule has 0 aliphatic heterocycles. The van der Waals surface area contributed by atoms with Gasteiger partial charge in [-0.25, -0.2) is 4.79 Å². The summed E-state index contributed by atoms with van der Waals surface area (Å²) in [5, 5.41) is 5.36. The maximum Gasteiger partial charge on any atom is 0.315 e. The molecule has 104 valence electrons. The molecule has 0 radical (unpaired) electrons. The first-order chi connectivity index (χ1) is 8.18. The van der Waals surface area contributed by atoms with E-state index in [4.69, 9.17) is 6.42 Å². The number of amides is 2. The predicted molar refractivity (Wildman–Crippen MR) is 76.8 cm³/mol. The van der Waals surface area contributed by atoms with Crippen LogP contribution in [0.4, 0.5) is 4.79 Å². The third kappa shape index (κ3) is 6.65. The van der Waals surface area contributed by atoms with Crippen molar-refractivity contribution in [1.82, 2.24) is 10.6 Å². The first-order valence-corrected chi connectivity index (χ1v) is 7.39. The zero-order valence-electron chi connectivity index (χ0n) is 11.9. The van der Waals surface area contributed by atoms with Crippen molar-refractivity contribution in [2.45, 2.75) is 45.4 Å². The van der Waals surface area contributed by atoms with Gasteiger partial charge >= 0.3 is 6.03 Å². The fraction of sp³-hybridized carbons (Fsp3) is 0.769. The second kappa shape index (κ2) is 7.42. The Morgan fingerprint density at radius 1 is 1.39 bits per heavy atom. The lowest BCUT2D eigenvalue weighted by Crippen LogP contribution is -2.45. The highest BCUT2D eigenvalue weighted by Gasteiger charge is 2.19. The molecule has 4 nitrogen and oxygen atoms in total. The van der Waals surface area contributed by atoms with E-state index in [-0.39, 0.29) is 22.7 Å². The molecule has 0 heterocycles. The van der Waals surface area contributed by atoms with Gasteiger partial charge in [-0.3, -0.25) is 4.21 Å². The van der Waals surface area contributed by atoms with Gasteiger partial charge in [0.25, 0.3) is 0 Å². The topological polar surface area (TPSA) is 58.2 Å². The summed E-state index contributed by atoms with van der Waals surface area (Å²) in [5.74, 6) is 3.15. The molecule has 0 saturated carbocycles. The number of hydrogen-bond acceptors (Lipinski definition) is 2. The van der Waals surface area contributed by atoms with Crippen LogP contribution in [0.25, 0.3) is 0 Å². The molecule has 0 fully saturated rings. The molecular weight excluding hydrogens is 248 g/mol. The van der Waals surface area contributed by atoms with Crippen molar-refractivity contribution in [1.29, 1.82) is 0 Å². The summed E-state index contributed by atoms with van der Waals surface area (Å²) in [6.07, 6.45) is 5.31. The Morgan fingerprint density at radius 3 is 2.33 bits per heavy atom.